The summed E-state index contributed by atoms with van der Waals surface area (Å²) in [7, 11) is 0. The third-order valence-corrected chi connectivity index (χ3v) is 3.18. The van der Waals surface area contributed by atoms with Gasteiger partial charge in [-0.05, 0) is 12.1 Å². The molecule has 0 atom stereocenters. The predicted molar refractivity (Wildman–Crippen MR) is 80.9 cm³/mol. The Bertz CT molecular complexity index is 677. The molecular weight excluding hydrogens is 304 g/mol. The molecular formula is C17H17F2NO3. The van der Waals surface area contributed by atoms with Crippen LogP contribution < -0.4 is 10.1 Å². The fraction of sp³-hybridized carbons (Fsp3) is 0.235. The zero-order valence-corrected chi connectivity index (χ0v) is 12.4. The summed E-state index contributed by atoms with van der Waals surface area (Å²) in [6, 6.07) is 10.8. The fourth-order valence-electron chi connectivity index (χ4n) is 2.06. The summed E-state index contributed by atoms with van der Waals surface area (Å²) < 4.78 is 32.0. The van der Waals surface area contributed by atoms with Gasteiger partial charge in [0.25, 0.3) is 0 Å². The molecule has 122 valence electrons. The van der Waals surface area contributed by atoms with Crippen LogP contribution in [0.25, 0.3) is 0 Å². The molecule has 6 heteroatoms. The quantitative estimate of drug-likeness (QED) is 0.822. The molecule has 0 aliphatic rings. The summed E-state index contributed by atoms with van der Waals surface area (Å²) in [5, 5.41) is 11.4. The summed E-state index contributed by atoms with van der Waals surface area (Å²) in [6.07, 6.45) is -0.247. The third kappa shape index (κ3) is 4.75. The first-order valence-corrected chi connectivity index (χ1v) is 7.13. The molecule has 0 aliphatic carbocycles. The number of aliphatic hydroxyl groups is 1. The van der Waals surface area contributed by atoms with Crippen molar-refractivity contribution < 1.29 is 23.4 Å². The van der Waals surface area contributed by atoms with Crippen molar-refractivity contribution in [1.82, 2.24) is 5.32 Å². The summed E-state index contributed by atoms with van der Waals surface area (Å²) in [6.45, 7) is 0.233. The lowest BCUT2D eigenvalue weighted by Crippen LogP contribution is -2.25. The van der Waals surface area contributed by atoms with Gasteiger partial charge >= 0.3 is 0 Å². The predicted octanol–water partition coefficient (Wildman–Crippen LogP) is 2.19. The first-order chi connectivity index (χ1) is 11.1. The lowest BCUT2D eigenvalue weighted by atomic mass is 10.1. The molecule has 2 N–H and O–H groups in total. The van der Waals surface area contributed by atoms with Crippen LogP contribution >= 0.6 is 0 Å². The average Bonchev–Trinajstić information content (AvgIpc) is 2.56. The number of para-hydroxylation sites is 1. The molecule has 0 saturated heterocycles. The number of rotatable bonds is 7. The van der Waals surface area contributed by atoms with E-state index in [-0.39, 0.29) is 31.7 Å². The van der Waals surface area contributed by atoms with E-state index in [0.717, 1.165) is 11.6 Å². The summed E-state index contributed by atoms with van der Waals surface area (Å²) in [5.74, 6) is -1.85. The van der Waals surface area contributed by atoms with Crippen molar-refractivity contribution in [3.05, 3.63) is 65.2 Å². The smallest absolute Gasteiger partial charge is 0.224 e. The second-order valence-electron chi connectivity index (χ2n) is 4.85. The second kappa shape index (κ2) is 8.24. The van der Waals surface area contributed by atoms with Crippen molar-refractivity contribution in [1.29, 1.82) is 0 Å². The van der Waals surface area contributed by atoms with E-state index >= 15 is 0 Å². The zero-order chi connectivity index (χ0) is 16.7. The summed E-state index contributed by atoms with van der Waals surface area (Å²) >= 11 is 0. The third-order valence-electron chi connectivity index (χ3n) is 3.18. The number of nitrogens with one attached hydrogen (secondary N) is 1. The first kappa shape index (κ1) is 16.9. The molecule has 2 aromatic rings. The van der Waals surface area contributed by atoms with E-state index in [1.807, 2.05) is 0 Å². The van der Waals surface area contributed by atoms with E-state index in [1.54, 1.807) is 24.3 Å². The lowest BCUT2D eigenvalue weighted by molar-refractivity contribution is -0.120. The molecule has 0 aromatic heterocycles. The molecule has 0 unspecified atom stereocenters. The van der Waals surface area contributed by atoms with Crippen molar-refractivity contribution in [3.63, 3.8) is 0 Å². The van der Waals surface area contributed by atoms with Crippen LogP contribution in [0.2, 0.25) is 0 Å². The molecule has 4 nitrogen and oxygen atoms in total. The van der Waals surface area contributed by atoms with E-state index in [1.165, 1.54) is 12.1 Å². The number of carbonyl (C=O) groups is 1. The highest BCUT2D eigenvalue weighted by molar-refractivity contribution is 5.78. The molecule has 0 fully saturated rings. The van der Waals surface area contributed by atoms with Gasteiger partial charge in [0.2, 0.25) is 5.91 Å². The SMILES string of the molecule is O=C(Cc1cccc(F)c1F)NCc1ccccc1OCCO. The Hall–Kier alpha value is -2.47. The van der Waals surface area contributed by atoms with E-state index in [0.29, 0.717) is 5.75 Å². The molecule has 0 radical (unpaired) electrons. The van der Waals surface area contributed by atoms with Gasteiger partial charge in [0.1, 0.15) is 12.4 Å². The van der Waals surface area contributed by atoms with Crippen LogP contribution in [0.5, 0.6) is 5.75 Å². The van der Waals surface area contributed by atoms with Crippen LogP contribution in [0.1, 0.15) is 11.1 Å². The summed E-state index contributed by atoms with van der Waals surface area (Å²) in [4.78, 5) is 11.9. The van der Waals surface area contributed by atoms with Gasteiger partial charge < -0.3 is 15.2 Å². The van der Waals surface area contributed by atoms with Crippen LogP contribution in [0.3, 0.4) is 0 Å². The van der Waals surface area contributed by atoms with Gasteiger partial charge in [-0.25, -0.2) is 8.78 Å². The van der Waals surface area contributed by atoms with Gasteiger partial charge in [-0.1, -0.05) is 30.3 Å². The van der Waals surface area contributed by atoms with Gasteiger partial charge in [0.15, 0.2) is 11.6 Å². The number of hydrogen-bond donors (Lipinski definition) is 2. The number of aliphatic hydroxyl groups excluding tert-OH is 1. The molecule has 2 aromatic carbocycles. The molecule has 0 aliphatic heterocycles. The van der Waals surface area contributed by atoms with Crippen molar-refractivity contribution in [2.75, 3.05) is 13.2 Å². The first-order valence-electron chi connectivity index (χ1n) is 7.13. The van der Waals surface area contributed by atoms with Gasteiger partial charge in [0.05, 0.1) is 13.0 Å². The minimum atomic E-state index is -1.01. The molecule has 1 amide bonds. The van der Waals surface area contributed by atoms with Crippen LogP contribution in [-0.2, 0) is 17.8 Å². The maximum absolute atomic E-state index is 13.5. The molecule has 0 heterocycles. The van der Waals surface area contributed by atoms with Crippen molar-refractivity contribution >= 4 is 5.91 Å². The van der Waals surface area contributed by atoms with E-state index in [4.69, 9.17) is 9.84 Å². The number of carbonyl (C=O) groups excluding carboxylic acids is 1. The molecule has 0 saturated carbocycles. The molecule has 0 bridgehead atoms. The Balaban J connectivity index is 1.95. The zero-order valence-electron chi connectivity index (χ0n) is 12.4. The Morgan fingerprint density at radius 3 is 2.61 bits per heavy atom. The second-order valence-corrected chi connectivity index (χ2v) is 4.85. The Morgan fingerprint density at radius 2 is 1.83 bits per heavy atom. The highest BCUT2D eigenvalue weighted by atomic mass is 19.2. The van der Waals surface area contributed by atoms with Crippen LogP contribution in [0, 0.1) is 11.6 Å². The lowest BCUT2D eigenvalue weighted by Gasteiger charge is -2.11. The van der Waals surface area contributed by atoms with Crippen LogP contribution in [0.4, 0.5) is 8.78 Å². The number of benzene rings is 2. The van der Waals surface area contributed by atoms with Crippen molar-refractivity contribution in [2.45, 2.75) is 13.0 Å². The highest BCUT2D eigenvalue weighted by Crippen LogP contribution is 2.18. The topological polar surface area (TPSA) is 58.6 Å². The maximum atomic E-state index is 13.5. The van der Waals surface area contributed by atoms with Gasteiger partial charge in [-0.15, -0.1) is 0 Å². The Kier molecular flexibility index (Phi) is 6.05. The maximum Gasteiger partial charge on any atom is 0.224 e. The normalized spacial score (nSPS) is 10.4. The Morgan fingerprint density at radius 1 is 1.09 bits per heavy atom. The standard InChI is InChI=1S/C17H17F2NO3/c18-14-6-3-5-12(17(14)19)10-16(22)20-11-13-4-1-2-7-15(13)23-9-8-21/h1-7,21H,8-11H2,(H,20,22). The average molecular weight is 321 g/mol. The Labute approximate surface area is 132 Å². The monoisotopic (exact) mass is 321 g/mol. The van der Waals surface area contributed by atoms with Crippen LogP contribution in [0.15, 0.2) is 42.5 Å². The van der Waals surface area contributed by atoms with E-state index in [9.17, 15) is 13.6 Å². The highest BCUT2D eigenvalue weighted by Gasteiger charge is 2.12. The van der Waals surface area contributed by atoms with Gasteiger partial charge in [-0.3, -0.25) is 4.79 Å². The number of halogens is 2. The minimum Gasteiger partial charge on any atom is -0.491 e. The number of hydrogen-bond acceptors (Lipinski definition) is 3. The number of amides is 1. The fourth-order valence-corrected chi connectivity index (χ4v) is 2.06. The minimum absolute atomic E-state index is 0.00677. The van der Waals surface area contributed by atoms with Crippen molar-refractivity contribution in [3.8, 4) is 5.75 Å². The molecule has 2 rings (SSSR count). The van der Waals surface area contributed by atoms with Crippen molar-refractivity contribution in [2.24, 2.45) is 0 Å². The molecule has 0 spiro atoms. The summed E-state index contributed by atoms with van der Waals surface area (Å²) in [5.41, 5.74) is 0.737. The van der Waals surface area contributed by atoms with E-state index in [2.05, 4.69) is 5.32 Å². The van der Waals surface area contributed by atoms with Crippen LogP contribution in [-0.4, -0.2) is 24.2 Å². The van der Waals surface area contributed by atoms with Gasteiger partial charge in [0, 0.05) is 17.7 Å². The van der Waals surface area contributed by atoms with Gasteiger partial charge in [-0.2, -0.15) is 0 Å². The largest absolute Gasteiger partial charge is 0.491 e. The molecule has 23 heavy (non-hydrogen) atoms. The number of ether oxygens (including phenoxy) is 1. The van der Waals surface area contributed by atoms with E-state index < -0.39 is 17.5 Å².